The molecule has 98 valence electrons. The van der Waals surface area contributed by atoms with Gasteiger partial charge in [-0.25, -0.2) is 0 Å². The number of nitrogens with one attached hydrogen (secondary N) is 1. The Morgan fingerprint density at radius 1 is 1.56 bits per heavy atom. The van der Waals surface area contributed by atoms with Crippen molar-refractivity contribution >= 4 is 23.1 Å². The molecule has 0 saturated heterocycles. The summed E-state index contributed by atoms with van der Waals surface area (Å²) in [5, 5.41) is 12.4. The number of benzene rings is 1. The van der Waals surface area contributed by atoms with Crippen molar-refractivity contribution in [3.8, 4) is 0 Å². The van der Waals surface area contributed by atoms with E-state index in [1.54, 1.807) is 13.0 Å². The van der Waals surface area contributed by atoms with E-state index in [4.69, 9.17) is 16.7 Å². The molecule has 0 fully saturated rings. The Kier molecular flexibility index (Phi) is 5.89. The van der Waals surface area contributed by atoms with Gasteiger partial charge in [0, 0.05) is 17.6 Å². The van der Waals surface area contributed by atoms with Crippen molar-refractivity contribution in [2.45, 2.75) is 26.4 Å². The quantitative estimate of drug-likeness (QED) is 0.806. The van der Waals surface area contributed by atoms with E-state index in [0.29, 0.717) is 18.0 Å². The predicted octanol–water partition coefficient (Wildman–Crippen LogP) is 2.63. The molecule has 0 aliphatic carbocycles. The molecule has 1 unspecified atom stereocenters. The molecule has 0 aromatic heterocycles. The van der Waals surface area contributed by atoms with Crippen LogP contribution >= 0.6 is 11.6 Å². The van der Waals surface area contributed by atoms with Crippen LogP contribution in [0.2, 0.25) is 5.02 Å². The van der Waals surface area contributed by atoms with E-state index < -0.39 is 6.10 Å². The maximum absolute atomic E-state index is 11.6. The van der Waals surface area contributed by atoms with Crippen LogP contribution < -0.4 is 5.32 Å². The summed E-state index contributed by atoms with van der Waals surface area (Å²) in [4.78, 5) is 11.6. The smallest absolute Gasteiger partial charge is 0.244 e. The zero-order valence-corrected chi connectivity index (χ0v) is 11.4. The number of hydrogen-bond acceptors (Lipinski definition) is 2. The standard InChI is InChI=1S/C14H18ClNO2/c1-10(12-4-3-5-13(15)9-12)8-14(18)16-7-6-11(2)17/h3-5,8-9,11,17H,6-7H2,1-2H3,(H,16,18). The molecule has 0 spiro atoms. The molecular formula is C14H18ClNO2. The monoisotopic (exact) mass is 267 g/mol. The van der Waals surface area contributed by atoms with Crippen LogP contribution in [0.15, 0.2) is 30.3 Å². The van der Waals surface area contributed by atoms with Crippen molar-refractivity contribution < 1.29 is 9.90 Å². The van der Waals surface area contributed by atoms with E-state index in [1.165, 1.54) is 6.08 Å². The molecule has 1 atom stereocenters. The Balaban J connectivity index is 2.57. The highest BCUT2D eigenvalue weighted by molar-refractivity contribution is 6.30. The lowest BCUT2D eigenvalue weighted by molar-refractivity contribution is -0.116. The number of aliphatic hydroxyl groups excluding tert-OH is 1. The molecule has 1 rings (SSSR count). The fraction of sp³-hybridized carbons (Fsp3) is 0.357. The van der Waals surface area contributed by atoms with Crippen LogP contribution in [0.4, 0.5) is 0 Å². The highest BCUT2D eigenvalue weighted by Gasteiger charge is 2.02. The molecule has 2 N–H and O–H groups in total. The Bertz CT molecular complexity index is 441. The molecule has 1 aromatic rings. The van der Waals surface area contributed by atoms with Gasteiger partial charge in [-0.3, -0.25) is 4.79 Å². The van der Waals surface area contributed by atoms with E-state index in [0.717, 1.165) is 11.1 Å². The van der Waals surface area contributed by atoms with Crippen molar-refractivity contribution in [2.24, 2.45) is 0 Å². The molecule has 1 aromatic carbocycles. The largest absolute Gasteiger partial charge is 0.393 e. The summed E-state index contributed by atoms with van der Waals surface area (Å²) in [5.74, 6) is -0.159. The molecule has 3 nitrogen and oxygen atoms in total. The van der Waals surface area contributed by atoms with Gasteiger partial charge in [0.05, 0.1) is 6.10 Å². The molecule has 0 saturated carbocycles. The second-order valence-corrected chi connectivity index (χ2v) is 4.70. The van der Waals surface area contributed by atoms with Gasteiger partial charge < -0.3 is 10.4 Å². The summed E-state index contributed by atoms with van der Waals surface area (Å²) in [6, 6.07) is 7.36. The van der Waals surface area contributed by atoms with Gasteiger partial charge in [-0.1, -0.05) is 23.7 Å². The fourth-order valence-corrected chi connectivity index (χ4v) is 1.66. The van der Waals surface area contributed by atoms with E-state index in [9.17, 15) is 4.79 Å². The maximum atomic E-state index is 11.6. The van der Waals surface area contributed by atoms with E-state index in [2.05, 4.69) is 5.32 Å². The van der Waals surface area contributed by atoms with E-state index in [-0.39, 0.29) is 5.91 Å². The number of rotatable bonds is 5. The molecule has 0 aliphatic rings. The maximum Gasteiger partial charge on any atom is 0.244 e. The molecule has 0 bridgehead atoms. The van der Waals surface area contributed by atoms with Crippen molar-refractivity contribution in [3.05, 3.63) is 40.9 Å². The lowest BCUT2D eigenvalue weighted by Crippen LogP contribution is -2.24. The number of aliphatic hydroxyl groups is 1. The summed E-state index contributed by atoms with van der Waals surface area (Å²) < 4.78 is 0. The zero-order valence-electron chi connectivity index (χ0n) is 10.6. The highest BCUT2D eigenvalue weighted by atomic mass is 35.5. The Morgan fingerprint density at radius 3 is 2.89 bits per heavy atom. The first-order valence-electron chi connectivity index (χ1n) is 5.89. The minimum absolute atomic E-state index is 0.159. The third kappa shape index (κ3) is 5.34. The summed E-state index contributed by atoms with van der Waals surface area (Å²) in [7, 11) is 0. The first kappa shape index (κ1) is 14.7. The molecule has 0 radical (unpaired) electrons. The van der Waals surface area contributed by atoms with Gasteiger partial charge in [0.1, 0.15) is 0 Å². The summed E-state index contributed by atoms with van der Waals surface area (Å²) in [5.41, 5.74) is 1.78. The van der Waals surface area contributed by atoms with E-state index >= 15 is 0 Å². The third-order valence-corrected chi connectivity index (χ3v) is 2.72. The average Bonchev–Trinajstić information content (AvgIpc) is 2.28. The van der Waals surface area contributed by atoms with Crippen LogP contribution in [0.5, 0.6) is 0 Å². The summed E-state index contributed by atoms with van der Waals surface area (Å²) in [6.45, 7) is 4.02. The molecule has 0 heterocycles. The average molecular weight is 268 g/mol. The number of allylic oxidation sites excluding steroid dienone is 1. The van der Waals surface area contributed by atoms with Crippen LogP contribution in [-0.4, -0.2) is 23.7 Å². The van der Waals surface area contributed by atoms with Crippen molar-refractivity contribution in [1.29, 1.82) is 0 Å². The minimum atomic E-state index is -0.400. The Morgan fingerprint density at radius 2 is 2.28 bits per heavy atom. The second-order valence-electron chi connectivity index (χ2n) is 4.27. The molecule has 4 heteroatoms. The Labute approximate surface area is 112 Å². The van der Waals surface area contributed by atoms with Crippen LogP contribution in [-0.2, 0) is 4.79 Å². The SMILES string of the molecule is CC(=CC(=O)NCCC(C)O)c1cccc(Cl)c1. The van der Waals surface area contributed by atoms with Crippen LogP contribution in [0.1, 0.15) is 25.8 Å². The van der Waals surface area contributed by atoms with Gasteiger partial charge in [-0.05, 0) is 43.5 Å². The van der Waals surface area contributed by atoms with Crippen LogP contribution in [0.25, 0.3) is 5.57 Å². The Hall–Kier alpha value is -1.32. The lowest BCUT2D eigenvalue weighted by Gasteiger charge is -2.06. The molecule has 18 heavy (non-hydrogen) atoms. The topological polar surface area (TPSA) is 49.3 Å². The summed E-state index contributed by atoms with van der Waals surface area (Å²) in [6.07, 6.45) is 1.69. The molecule has 0 aliphatic heterocycles. The number of halogens is 1. The molecular weight excluding hydrogens is 250 g/mol. The van der Waals surface area contributed by atoms with Crippen molar-refractivity contribution in [2.75, 3.05) is 6.54 Å². The molecule has 1 amide bonds. The minimum Gasteiger partial charge on any atom is -0.393 e. The number of carbonyl (C=O) groups excluding carboxylic acids is 1. The summed E-state index contributed by atoms with van der Waals surface area (Å²) >= 11 is 5.89. The first-order valence-corrected chi connectivity index (χ1v) is 6.27. The number of carbonyl (C=O) groups is 1. The number of hydrogen-bond donors (Lipinski definition) is 2. The van der Waals surface area contributed by atoms with E-state index in [1.807, 2.05) is 25.1 Å². The predicted molar refractivity (Wildman–Crippen MR) is 74.4 cm³/mol. The number of amides is 1. The third-order valence-electron chi connectivity index (χ3n) is 2.49. The second kappa shape index (κ2) is 7.19. The zero-order chi connectivity index (χ0) is 13.5. The highest BCUT2D eigenvalue weighted by Crippen LogP contribution is 2.17. The first-order chi connectivity index (χ1) is 8.49. The van der Waals surface area contributed by atoms with Gasteiger partial charge in [0.2, 0.25) is 5.91 Å². The van der Waals surface area contributed by atoms with Gasteiger partial charge in [0.25, 0.3) is 0 Å². The fourth-order valence-electron chi connectivity index (χ4n) is 1.47. The van der Waals surface area contributed by atoms with Crippen molar-refractivity contribution in [1.82, 2.24) is 5.32 Å². The van der Waals surface area contributed by atoms with Gasteiger partial charge in [-0.15, -0.1) is 0 Å². The van der Waals surface area contributed by atoms with Gasteiger partial charge in [0.15, 0.2) is 0 Å². The normalized spacial score (nSPS) is 13.2. The van der Waals surface area contributed by atoms with Crippen LogP contribution in [0, 0.1) is 0 Å². The van der Waals surface area contributed by atoms with Crippen LogP contribution in [0.3, 0.4) is 0 Å². The van der Waals surface area contributed by atoms with Gasteiger partial charge in [-0.2, -0.15) is 0 Å². The lowest BCUT2D eigenvalue weighted by atomic mass is 10.1. The van der Waals surface area contributed by atoms with Gasteiger partial charge >= 0.3 is 0 Å². The van der Waals surface area contributed by atoms with Crippen molar-refractivity contribution in [3.63, 3.8) is 0 Å².